The molecule has 0 bridgehead atoms. The molecule has 0 N–H and O–H groups in total. The second kappa shape index (κ2) is 13.5. The summed E-state index contributed by atoms with van der Waals surface area (Å²) in [4.78, 5) is 4.64. The fourth-order valence-corrected chi connectivity index (χ4v) is 5.05. The molecule has 1 aliphatic rings. The Labute approximate surface area is 230 Å². The fourth-order valence-electron chi connectivity index (χ4n) is 4.24. The second-order valence-corrected chi connectivity index (χ2v) is 10.8. The van der Waals surface area contributed by atoms with Crippen LogP contribution in [0.15, 0.2) is 65.0 Å². The van der Waals surface area contributed by atoms with E-state index in [1.165, 1.54) is 31.4 Å². The average molecular weight is 523 g/mol. The molecule has 0 amide bonds. The molecule has 3 rings (SSSR count). The molecule has 0 fully saturated rings. The SMILES string of the molecule is CCCCN(CCCC)c1ccc(/C=C/c2ccc(/C=C/C3=C(C#N)C(=C(C#N)C#N)OC3(C)C)s2)cc1. The van der Waals surface area contributed by atoms with Gasteiger partial charge in [-0.2, -0.15) is 15.8 Å². The molecule has 6 heteroatoms. The number of thiophene rings is 1. The Kier molecular flexibility index (Phi) is 10.1. The van der Waals surface area contributed by atoms with Gasteiger partial charge in [-0.3, -0.25) is 0 Å². The molecule has 0 aliphatic carbocycles. The summed E-state index contributed by atoms with van der Waals surface area (Å²) in [5, 5.41) is 28.2. The Hall–Kier alpha value is -4.05. The van der Waals surface area contributed by atoms with Crippen molar-refractivity contribution in [2.45, 2.75) is 59.0 Å². The third-order valence-electron chi connectivity index (χ3n) is 6.39. The van der Waals surface area contributed by atoms with Gasteiger partial charge in [-0.1, -0.05) is 51.0 Å². The lowest BCUT2D eigenvalue weighted by Gasteiger charge is -2.24. The van der Waals surface area contributed by atoms with Gasteiger partial charge in [0.15, 0.2) is 11.3 Å². The first-order valence-electron chi connectivity index (χ1n) is 13.1. The van der Waals surface area contributed by atoms with Crippen LogP contribution in [-0.4, -0.2) is 18.7 Å². The van der Waals surface area contributed by atoms with E-state index in [9.17, 15) is 15.8 Å². The highest BCUT2D eigenvalue weighted by Crippen LogP contribution is 2.40. The molecular formula is C32H34N4OS. The zero-order chi connectivity index (χ0) is 27.5. The number of nitrogens with zero attached hydrogens (tertiary/aromatic N) is 4. The first-order chi connectivity index (χ1) is 18.4. The van der Waals surface area contributed by atoms with Gasteiger partial charge in [-0.15, -0.1) is 11.3 Å². The summed E-state index contributed by atoms with van der Waals surface area (Å²) in [6.45, 7) is 10.3. The van der Waals surface area contributed by atoms with E-state index < -0.39 is 5.60 Å². The third-order valence-corrected chi connectivity index (χ3v) is 7.40. The maximum Gasteiger partial charge on any atom is 0.172 e. The molecule has 0 saturated carbocycles. The van der Waals surface area contributed by atoms with E-state index in [0.717, 1.165) is 28.4 Å². The number of unbranched alkanes of at least 4 members (excludes halogenated alkanes) is 2. The lowest BCUT2D eigenvalue weighted by atomic mass is 9.94. The van der Waals surface area contributed by atoms with Gasteiger partial charge in [0.2, 0.25) is 0 Å². The van der Waals surface area contributed by atoms with Crippen LogP contribution >= 0.6 is 11.3 Å². The molecule has 0 spiro atoms. The standard InChI is InChI=1S/C32H34N4OS/c1-5-7-19-36(20-8-6-2)26-12-9-24(10-13-26)11-14-27-15-16-28(38-27)17-18-30-29(23-35)31(25(21-33)22-34)37-32(30,3)4/h9-18H,5-8,19-20H2,1-4H3/b14-11+,18-17+. The van der Waals surface area contributed by atoms with Crippen LogP contribution in [0.1, 0.15) is 68.7 Å². The van der Waals surface area contributed by atoms with Crippen molar-refractivity contribution < 1.29 is 4.74 Å². The maximum atomic E-state index is 9.70. The predicted molar refractivity (Wildman–Crippen MR) is 157 cm³/mol. The number of rotatable bonds is 11. The lowest BCUT2D eigenvalue weighted by Crippen LogP contribution is -2.25. The van der Waals surface area contributed by atoms with E-state index in [0.29, 0.717) is 5.57 Å². The first-order valence-corrected chi connectivity index (χ1v) is 13.9. The van der Waals surface area contributed by atoms with E-state index in [2.05, 4.69) is 67.3 Å². The number of anilines is 1. The van der Waals surface area contributed by atoms with E-state index in [-0.39, 0.29) is 16.9 Å². The number of hydrogen-bond acceptors (Lipinski definition) is 6. The average Bonchev–Trinajstić information content (AvgIpc) is 3.48. The van der Waals surface area contributed by atoms with Crippen LogP contribution in [-0.2, 0) is 4.74 Å². The highest BCUT2D eigenvalue weighted by atomic mass is 32.1. The molecule has 5 nitrogen and oxygen atoms in total. The molecule has 2 aromatic rings. The van der Waals surface area contributed by atoms with Gasteiger partial charge in [0.1, 0.15) is 29.4 Å². The molecule has 0 atom stereocenters. The molecule has 0 unspecified atom stereocenters. The zero-order valence-corrected chi connectivity index (χ0v) is 23.4. The van der Waals surface area contributed by atoms with Crippen LogP contribution in [0, 0.1) is 34.0 Å². The number of hydrogen-bond donors (Lipinski definition) is 0. The molecule has 0 saturated heterocycles. The number of ether oxygens (including phenoxy) is 1. The summed E-state index contributed by atoms with van der Waals surface area (Å²) in [6, 6.07) is 18.6. The van der Waals surface area contributed by atoms with Crippen molar-refractivity contribution in [3.63, 3.8) is 0 Å². The zero-order valence-electron chi connectivity index (χ0n) is 22.6. The molecule has 2 heterocycles. The van der Waals surface area contributed by atoms with Crippen LogP contribution in [0.2, 0.25) is 0 Å². The molecule has 38 heavy (non-hydrogen) atoms. The minimum atomic E-state index is -0.815. The van der Waals surface area contributed by atoms with Gasteiger partial charge in [0.05, 0.1) is 0 Å². The van der Waals surface area contributed by atoms with Crippen molar-refractivity contribution in [2.24, 2.45) is 0 Å². The minimum absolute atomic E-state index is 0.0572. The summed E-state index contributed by atoms with van der Waals surface area (Å²) >= 11 is 1.64. The summed E-state index contributed by atoms with van der Waals surface area (Å²) in [5.41, 5.74) is 2.31. The normalized spacial score (nSPS) is 14.4. The quantitative estimate of drug-likeness (QED) is 0.277. The number of nitriles is 3. The second-order valence-electron chi connectivity index (χ2n) is 9.63. The minimum Gasteiger partial charge on any atom is -0.480 e. The molecule has 1 aliphatic heterocycles. The third kappa shape index (κ3) is 7.04. The van der Waals surface area contributed by atoms with Gasteiger partial charge in [-0.05, 0) is 68.7 Å². The Balaban J connectivity index is 1.74. The van der Waals surface area contributed by atoms with Crippen LogP contribution in [0.5, 0.6) is 0 Å². The van der Waals surface area contributed by atoms with Gasteiger partial charge >= 0.3 is 0 Å². The molecular weight excluding hydrogens is 488 g/mol. The topological polar surface area (TPSA) is 83.8 Å². The highest BCUT2D eigenvalue weighted by molar-refractivity contribution is 7.13. The number of allylic oxidation sites excluding steroid dienone is 2. The molecule has 0 radical (unpaired) electrons. The van der Waals surface area contributed by atoms with Gasteiger partial charge in [0, 0.05) is 34.1 Å². The molecule has 1 aromatic carbocycles. The van der Waals surface area contributed by atoms with Crippen LogP contribution in [0.3, 0.4) is 0 Å². The van der Waals surface area contributed by atoms with Crippen LogP contribution in [0.25, 0.3) is 18.2 Å². The van der Waals surface area contributed by atoms with Crippen LogP contribution in [0.4, 0.5) is 5.69 Å². The smallest absolute Gasteiger partial charge is 0.172 e. The van der Waals surface area contributed by atoms with Gasteiger partial charge in [-0.25, -0.2) is 0 Å². The maximum absolute atomic E-state index is 9.70. The largest absolute Gasteiger partial charge is 0.480 e. The highest BCUT2D eigenvalue weighted by Gasteiger charge is 2.38. The summed E-state index contributed by atoms with van der Waals surface area (Å²) in [5.74, 6) is 0.0572. The number of benzene rings is 1. The van der Waals surface area contributed by atoms with Crippen molar-refractivity contribution in [3.8, 4) is 18.2 Å². The first kappa shape index (κ1) is 28.5. The summed E-state index contributed by atoms with van der Waals surface area (Å²) in [7, 11) is 0. The van der Waals surface area contributed by atoms with Gasteiger partial charge < -0.3 is 9.64 Å². The van der Waals surface area contributed by atoms with Crippen molar-refractivity contribution in [1.82, 2.24) is 0 Å². The molecule has 1 aromatic heterocycles. The van der Waals surface area contributed by atoms with E-state index >= 15 is 0 Å². The summed E-state index contributed by atoms with van der Waals surface area (Å²) < 4.78 is 5.83. The van der Waals surface area contributed by atoms with E-state index in [4.69, 9.17) is 4.74 Å². The van der Waals surface area contributed by atoms with Crippen molar-refractivity contribution in [3.05, 3.63) is 80.3 Å². The van der Waals surface area contributed by atoms with Crippen LogP contribution < -0.4 is 4.90 Å². The predicted octanol–water partition coefficient (Wildman–Crippen LogP) is 8.27. The lowest BCUT2D eigenvalue weighted by molar-refractivity contribution is 0.0954. The Morgan fingerprint density at radius 1 is 0.868 bits per heavy atom. The monoisotopic (exact) mass is 522 g/mol. The molecule has 194 valence electrons. The van der Waals surface area contributed by atoms with Crippen molar-refractivity contribution >= 4 is 35.3 Å². The Morgan fingerprint density at radius 3 is 1.97 bits per heavy atom. The van der Waals surface area contributed by atoms with E-state index in [1.54, 1.807) is 11.3 Å². The van der Waals surface area contributed by atoms with E-state index in [1.807, 2.05) is 44.2 Å². The van der Waals surface area contributed by atoms with Crippen molar-refractivity contribution in [2.75, 3.05) is 18.0 Å². The Bertz CT molecular complexity index is 1340. The van der Waals surface area contributed by atoms with Gasteiger partial charge in [0.25, 0.3) is 0 Å². The fraction of sp³-hybridized carbons (Fsp3) is 0.344. The summed E-state index contributed by atoms with van der Waals surface area (Å²) in [6.07, 6.45) is 12.8. The van der Waals surface area contributed by atoms with Crippen molar-refractivity contribution in [1.29, 1.82) is 15.8 Å². The Morgan fingerprint density at radius 2 is 1.45 bits per heavy atom.